The maximum absolute atomic E-state index is 12.8. The molecule has 0 aliphatic heterocycles. The van der Waals surface area contributed by atoms with Gasteiger partial charge in [0.25, 0.3) is 0 Å². The molecule has 0 aliphatic rings. The quantitative estimate of drug-likeness (QED) is 0.235. The molecule has 5 heteroatoms. The summed E-state index contributed by atoms with van der Waals surface area (Å²) < 4.78 is 16.6. The fraction of sp³-hybridized carbons (Fsp3) is 0.0769. The summed E-state index contributed by atoms with van der Waals surface area (Å²) in [7, 11) is 0. The number of fused-ring (bicyclic) bond motifs is 1. The van der Waals surface area contributed by atoms with E-state index in [0.29, 0.717) is 16.7 Å². The van der Waals surface area contributed by atoms with Crippen molar-refractivity contribution in [3.8, 4) is 17.2 Å². The fourth-order valence-corrected chi connectivity index (χ4v) is 3.22. The van der Waals surface area contributed by atoms with Crippen molar-refractivity contribution >= 4 is 23.0 Å². The van der Waals surface area contributed by atoms with Crippen LogP contribution in [0.15, 0.2) is 88.3 Å². The largest absolute Gasteiger partial charge is 0.460 e. The predicted molar refractivity (Wildman–Crippen MR) is 120 cm³/mol. The first kappa shape index (κ1) is 20.2. The lowest BCUT2D eigenvalue weighted by Gasteiger charge is -2.08. The molecule has 3 aromatic carbocycles. The van der Waals surface area contributed by atoms with E-state index in [-0.39, 0.29) is 16.9 Å². The van der Waals surface area contributed by atoms with Gasteiger partial charge in [0, 0.05) is 12.1 Å². The highest BCUT2D eigenvalue weighted by Gasteiger charge is 2.11. The molecule has 0 bridgehead atoms. The molecule has 4 aromatic rings. The van der Waals surface area contributed by atoms with Crippen molar-refractivity contribution in [2.75, 3.05) is 0 Å². The summed E-state index contributed by atoms with van der Waals surface area (Å²) in [5.41, 5.74) is 2.96. The van der Waals surface area contributed by atoms with Crippen LogP contribution in [-0.4, -0.2) is 5.97 Å². The molecule has 4 rings (SSSR count). The van der Waals surface area contributed by atoms with Crippen molar-refractivity contribution in [1.29, 1.82) is 0 Å². The molecule has 0 radical (unpaired) electrons. The molecule has 154 valence electrons. The Morgan fingerprint density at radius 2 is 1.65 bits per heavy atom. The topological polar surface area (TPSA) is 65.7 Å². The third kappa shape index (κ3) is 4.90. The monoisotopic (exact) mass is 412 g/mol. The summed E-state index contributed by atoms with van der Waals surface area (Å²) in [6.07, 6.45) is 4.28. The molecule has 0 aliphatic carbocycles. The molecule has 0 saturated heterocycles. The van der Waals surface area contributed by atoms with E-state index in [0.717, 1.165) is 16.7 Å². The first-order chi connectivity index (χ1) is 15.0. The molecular formula is C26H20O5. The first-order valence-corrected chi connectivity index (χ1v) is 9.74. The van der Waals surface area contributed by atoms with E-state index in [1.807, 2.05) is 62.4 Å². The minimum Gasteiger partial charge on any atom is -0.460 e. The van der Waals surface area contributed by atoms with Crippen molar-refractivity contribution in [2.45, 2.75) is 13.8 Å². The summed E-state index contributed by atoms with van der Waals surface area (Å²) in [4.78, 5) is 24.9. The SMILES string of the molecule is Cc1cc(C)cc(Oc2coc3cc(OC(=O)C=Cc4ccccc4)ccc3c2=O)c1. The lowest BCUT2D eigenvalue weighted by Crippen LogP contribution is -2.06. The second-order valence-electron chi connectivity index (χ2n) is 7.18. The van der Waals surface area contributed by atoms with E-state index < -0.39 is 5.97 Å². The van der Waals surface area contributed by atoms with Crippen LogP contribution >= 0.6 is 0 Å². The summed E-state index contributed by atoms with van der Waals surface area (Å²) >= 11 is 0. The molecule has 1 heterocycles. The van der Waals surface area contributed by atoms with E-state index in [4.69, 9.17) is 13.9 Å². The predicted octanol–water partition coefficient (Wildman–Crippen LogP) is 5.82. The Labute approximate surface area is 179 Å². The number of hydrogen-bond donors (Lipinski definition) is 0. The smallest absolute Gasteiger partial charge is 0.336 e. The molecule has 0 unspecified atom stereocenters. The molecule has 0 amide bonds. The Morgan fingerprint density at radius 1 is 0.903 bits per heavy atom. The zero-order valence-corrected chi connectivity index (χ0v) is 17.1. The third-order valence-corrected chi connectivity index (χ3v) is 4.57. The molecule has 0 atom stereocenters. The normalized spacial score (nSPS) is 11.0. The van der Waals surface area contributed by atoms with E-state index in [2.05, 4.69) is 0 Å². The zero-order chi connectivity index (χ0) is 21.8. The second-order valence-corrected chi connectivity index (χ2v) is 7.18. The number of carbonyl (C=O) groups is 1. The number of esters is 1. The Bertz CT molecular complexity index is 1310. The van der Waals surface area contributed by atoms with Crippen LogP contribution in [0.1, 0.15) is 16.7 Å². The minimum atomic E-state index is -0.527. The van der Waals surface area contributed by atoms with Crippen LogP contribution in [0.3, 0.4) is 0 Å². The molecule has 0 saturated carbocycles. The van der Waals surface area contributed by atoms with Gasteiger partial charge in [0.2, 0.25) is 11.2 Å². The summed E-state index contributed by atoms with van der Waals surface area (Å²) in [6.45, 7) is 3.92. The highest BCUT2D eigenvalue weighted by atomic mass is 16.5. The van der Waals surface area contributed by atoms with Gasteiger partial charge in [-0.15, -0.1) is 0 Å². The average Bonchev–Trinajstić information content (AvgIpc) is 2.74. The van der Waals surface area contributed by atoms with Crippen molar-refractivity contribution < 1.29 is 18.7 Å². The molecule has 0 N–H and O–H groups in total. The minimum absolute atomic E-state index is 0.0908. The van der Waals surface area contributed by atoms with Gasteiger partial charge in [-0.3, -0.25) is 4.79 Å². The summed E-state index contributed by atoms with van der Waals surface area (Å²) in [5.74, 6) is 0.412. The zero-order valence-electron chi connectivity index (χ0n) is 17.1. The lowest BCUT2D eigenvalue weighted by molar-refractivity contribution is -0.128. The van der Waals surface area contributed by atoms with Crippen LogP contribution in [0.5, 0.6) is 17.2 Å². The van der Waals surface area contributed by atoms with Gasteiger partial charge in [0.1, 0.15) is 23.3 Å². The van der Waals surface area contributed by atoms with Crippen LogP contribution in [0.25, 0.3) is 17.0 Å². The first-order valence-electron chi connectivity index (χ1n) is 9.74. The maximum atomic E-state index is 12.8. The van der Waals surface area contributed by atoms with E-state index in [1.54, 1.807) is 18.2 Å². The summed E-state index contributed by atoms with van der Waals surface area (Å²) in [5, 5.41) is 0.335. The molecular weight excluding hydrogens is 392 g/mol. The highest BCUT2D eigenvalue weighted by Crippen LogP contribution is 2.25. The van der Waals surface area contributed by atoms with Gasteiger partial charge in [0.05, 0.1) is 5.39 Å². The number of rotatable bonds is 5. The Hall–Kier alpha value is -4.12. The highest BCUT2D eigenvalue weighted by molar-refractivity contribution is 5.89. The Balaban J connectivity index is 1.53. The number of aryl methyl sites for hydroxylation is 2. The van der Waals surface area contributed by atoms with Crippen molar-refractivity contribution in [3.63, 3.8) is 0 Å². The van der Waals surface area contributed by atoms with Gasteiger partial charge in [-0.2, -0.15) is 0 Å². The van der Waals surface area contributed by atoms with E-state index >= 15 is 0 Å². The standard InChI is InChI=1S/C26H20O5/c1-17-12-18(2)14-21(13-17)30-24-16-29-23-15-20(9-10-22(23)26(24)28)31-25(27)11-8-19-6-4-3-5-7-19/h3-16H,1-2H3. The molecule has 1 aromatic heterocycles. The van der Waals surface area contributed by atoms with Crippen molar-refractivity contribution in [2.24, 2.45) is 0 Å². The number of ether oxygens (including phenoxy) is 2. The number of carbonyl (C=O) groups excluding carboxylic acids is 1. The van der Waals surface area contributed by atoms with Crippen LogP contribution in [0.4, 0.5) is 0 Å². The Kier molecular flexibility index (Phi) is 5.67. The Morgan fingerprint density at radius 3 is 2.39 bits per heavy atom. The van der Waals surface area contributed by atoms with Crippen LogP contribution in [0.2, 0.25) is 0 Å². The second kappa shape index (κ2) is 8.71. The molecule has 5 nitrogen and oxygen atoms in total. The lowest BCUT2D eigenvalue weighted by atomic mass is 10.1. The van der Waals surface area contributed by atoms with E-state index in [9.17, 15) is 9.59 Å². The van der Waals surface area contributed by atoms with Gasteiger partial charge in [-0.1, -0.05) is 36.4 Å². The number of hydrogen-bond acceptors (Lipinski definition) is 5. The van der Waals surface area contributed by atoms with E-state index in [1.165, 1.54) is 18.4 Å². The average molecular weight is 412 g/mol. The maximum Gasteiger partial charge on any atom is 0.336 e. The van der Waals surface area contributed by atoms with Gasteiger partial charge in [0.15, 0.2) is 0 Å². The van der Waals surface area contributed by atoms with Crippen LogP contribution in [-0.2, 0) is 4.79 Å². The molecule has 0 spiro atoms. The fourth-order valence-electron chi connectivity index (χ4n) is 3.22. The van der Waals surface area contributed by atoms with Crippen LogP contribution < -0.4 is 14.9 Å². The van der Waals surface area contributed by atoms with Gasteiger partial charge < -0.3 is 13.9 Å². The van der Waals surface area contributed by atoms with Gasteiger partial charge in [-0.25, -0.2) is 4.79 Å². The van der Waals surface area contributed by atoms with Gasteiger partial charge >= 0.3 is 5.97 Å². The third-order valence-electron chi connectivity index (χ3n) is 4.57. The van der Waals surface area contributed by atoms with Crippen molar-refractivity contribution in [1.82, 2.24) is 0 Å². The van der Waals surface area contributed by atoms with Gasteiger partial charge in [-0.05, 0) is 60.9 Å². The van der Waals surface area contributed by atoms with Crippen molar-refractivity contribution in [3.05, 3.63) is 106 Å². The summed E-state index contributed by atoms with van der Waals surface area (Å²) in [6, 6.07) is 19.8. The molecule has 31 heavy (non-hydrogen) atoms. The number of benzene rings is 3. The van der Waals surface area contributed by atoms with Crippen LogP contribution in [0, 0.1) is 13.8 Å². The molecule has 0 fully saturated rings.